The van der Waals surface area contributed by atoms with Crippen LogP contribution in [-0.4, -0.2) is 26.4 Å². The van der Waals surface area contributed by atoms with Crippen LogP contribution in [-0.2, 0) is 4.79 Å². The van der Waals surface area contributed by atoms with Crippen LogP contribution in [0.1, 0.15) is 25.3 Å². The third kappa shape index (κ3) is 2.50. The van der Waals surface area contributed by atoms with Crippen LogP contribution < -0.4 is 0 Å². The number of hydrogen-bond donors (Lipinski definition) is 1. The molecule has 1 fully saturated rings. The molecule has 1 N–H and O–H groups in total. The second-order valence-electron chi connectivity index (χ2n) is 4.79. The van der Waals surface area contributed by atoms with Gasteiger partial charge in [0.1, 0.15) is 0 Å². The molecule has 0 atom stereocenters. The lowest BCUT2D eigenvalue weighted by Crippen LogP contribution is -2.18. The predicted molar refractivity (Wildman–Crippen MR) is 81.0 cm³/mol. The monoisotopic (exact) mass is 330 g/mol. The Hall–Kier alpha value is -0.910. The van der Waals surface area contributed by atoms with E-state index in [4.69, 9.17) is 28.3 Å². The summed E-state index contributed by atoms with van der Waals surface area (Å²) in [5, 5.41) is 10.5. The number of aliphatic carboxylic acids is 1. The van der Waals surface area contributed by atoms with Gasteiger partial charge in [-0.3, -0.25) is 4.79 Å². The van der Waals surface area contributed by atoms with E-state index in [1.165, 1.54) is 18.2 Å². The number of rotatable bonds is 4. The zero-order valence-electron chi connectivity index (χ0n) is 10.5. The fourth-order valence-electron chi connectivity index (χ4n) is 2.29. The van der Waals surface area contributed by atoms with E-state index in [1.54, 1.807) is 6.07 Å². The van der Waals surface area contributed by atoms with Gasteiger partial charge in [-0.1, -0.05) is 35.0 Å². The normalized spacial score (nSPS) is 15.5. The molecule has 0 spiro atoms. The molecule has 0 bridgehead atoms. The van der Waals surface area contributed by atoms with Crippen molar-refractivity contribution in [2.75, 3.05) is 5.75 Å². The molecule has 0 saturated heterocycles. The number of carboxylic acids is 1. The van der Waals surface area contributed by atoms with Gasteiger partial charge in [0.25, 0.3) is 0 Å². The van der Waals surface area contributed by atoms with Crippen LogP contribution in [0.5, 0.6) is 0 Å². The van der Waals surface area contributed by atoms with E-state index in [0.29, 0.717) is 16.1 Å². The predicted octanol–water partition coefficient (Wildman–Crippen LogP) is 4.24. The number of hydrogen-bond acceptors (Lipinski definition) is 3. The Morgan fingerprint density at radius 2 is 2.10 bits per heavy atom. The van der Waals surface area contributed by atoms with E-state index in [9.17, 15) is 4.79 Å². The molecule has 1 aromatic carbocycles. The minimum absolute atomic E-state index is 0.00247. The van der Waals surface area contributed by atoms with Crippen LogP contribution in [0.4, 0.5) is 0 Å². The van der Waals surface area contributed by atoms with E-state index >= 15 is 0 Å². The van der Waals surface area contributed by atoms with Gasteiger partial charge in [-0.25, -0.2) is 4.98 Å². The third-order valence-corrected chi connectivity index (χ3v) is 5.12. The molecule has 0 aliphatic heterocycles. The molecule has 7 heteroatoms. The van der Waals surface area contributed by atoms with Gasteiger partial charge in [-0.05, 0) is 31.4 Å². The maximum Gasteiger partial charge on any atom is 0.313 e. The van der Waals surface area contributed by atoms with Crippen LogP contribution in [0.2, 0.25) is 10.0 Å². The van der Waals surface area contributed by atoms with Crippen LogP contribution >= 0.6 is 35.0 Å². The summed E-state index contributed by atoms with van der Waals surface area (Å²) in [6, 6.07) is 3.93. The average molecular weight is 331 g/mol. The van der Waals surface area contributed by atoms with E-state index in [-0.39, 0.29) is 5.75 Å². The number of benzene rings is 1. The molecule has 3 rings (SSSR count). The zero-order valence-corrected chi connectivity index (χ0v) is 12.8. The smallest absolute Gasteiger partial charge is 0.313 e. The highest BCUT2D eigenvalue weighted by atomic mass is 35.5. The molecule has 20 heavy (non-hydrogen) atoms. The number of nitrogens with zero attached hydrogens (tertiary/aromatic N) is 2. The summed E-state index contributed by atoms with van der Waals surface area (Å²) in [6.07, 6.45) is 3.37. The first-order valence-corrected chi connectivity index (χ1v) is 8.02. The summed E-state index contributed by atoms with van der Waals surface area (Å²) in [4.78, 5) is 15.3. The van der Waals surface area contributed by atoms with Gasteiger partial charge in [0.15, 0.2) is 5.16 Å². The summed E-state index contributed by atoms with van der Waals surface area (Å²) in [5.74, 6) is -0.851. The highest BCUT2D eigenvalue weighted by Crippen LogP contribution is 2.39. The Kier molecular flexibility index (Phi) is 3.84. The van der Waals surface area contributed by atoms with Gasteiger partial charge in [0.2, 0.25) is 0 Å². The second kappa shape index (κ2) is 5.47. The molecule has 4 nitrogen and oxygen atoms in total. The van der Waals surface area contributed by atoms with Gasteiger partial charge >= 0.3 is 5.97 Å². The SMILES string of the molecule is O=C(O)CSc1nc2cc(Cl)c(Cl)cc2n1C1CCC1. The van der Waals surface area contributed by atoms with Gasteiger partial charge in [-0.15, -0.1) is 0 Å². The molecule has 1 saturated carbocycles. The van der Waals surface area contributed by atoms with Crippen molar-refractivity contribution in [2.24, 2.45) is 0 Å². The first kappa shape index (κ1) is 14.0. The van der Waals surface area contributed by atoms with Crippen molar-refractivity contribution < 1.29 is 9.90 Å². The number of carbonyl (C=O) groups is 1. The summed E-state index contributed by atoms with van der Waals surface area (Å²) in [6.45, 7) is 0. The van der Waals surface area contributed by atoms with Gasteiger partial charge < -0.3 is 9.67 Å². The summed E-state index contributed by atoms with van der Waals surface area (Å²) in [7, 11) is 0. The first-order valence-electron chi connectivity index (χ1n) is 6.28. The van der Waals surface area contributed by atoms with Crippen LogP contribution in [0.3, 0.4) is 0 Å². The van der Waals surface area contributed by atoms with E-state index < -0.39 is 5.97 Å². The molecule has 1 aromatic heterocycles. The van der Waals surface area contributed by atoms with Crippen LogP contribution in [0.15, 0.2) is 17.3 Å². The molecular weight excluding hydrogens is 319 g/mol. The largest absolute Gasteiger partial charge is 0.481 e. The minimum atomic E-state index is -0.849. The Morgan fingerprint density at radius 3 is 2.70 bits per heavy atom. The second-order valence-corrected chi connectivity index (χ2v) is 6.54. The lowest BCUT2D eigenvalue weighted by molar-refractivity contribution is -0.133. The van der Waals surface area contributed by atoms with Crippen molar-refractivity contribution in [2.45, 2.75) is 30.5 Å². The molecule has 0 radical (unpaired) electrons. The third-order valence-electron chi connectivity index (χ3n) is 3.46. The maximum absolute atomic E-state index is 10.8. The van der Waals surface area contributed by atoms with Crippen molar-refractivity contribution >= 4 is 52.0 Å². The van der Waals surface area contributed by atoms with E-state index in [0.717, 1.165) is 29.0 Å². The number of halogens is 2. The minimum Gasteiger partial charge on any atom is -0.481 e. The van der Waals surface area contributed by atoms with E-state index in [1.807, 2.05) is 6.07 Å². The van der Waals surface area contributed by atoms with E-state index in [2.05, 4.69) is 9.55 Å². The molecule has 0 unspecified atom stereocenters. The molecule has 106 valence electrons. The Bertz CT molecular complexity index is 683. The number of imidazole rings is 1. The first-order chi connectivity index (χ1) is 9.56. The summed E-state index contributed by atoms with van der Waals surface area (Å²) < 4.78 is 2.11. The summed E-state index contributed by atoms with van der Waals surface area (Å²) >= 11 is 13.3. The van der Waals surface area contributed by atoms with Crippen molar-refractivity contribution in [3.8, 4) is 0 Å². The van der Waals surface area contributed by atoms with Gasteiger partial charge in [0, 0.05) is 6.04 Å². The van der Waals surface area contributed by atoms with Gasteiger partial charge in [0.05, 0.1) is 26.8 Å². The molecular formula is C13H12Cl2N2O2S. The molecule has 2 aromatic rings. The highest BCUT2D eigenvalue weighted by Gasteiger charge is 2.25. The van der Waals surface area contributed by atoms with Gasteiger partial charge in [-0.2, -0.15) is 0 Å². The maximum atomic E-state index is 10.8. The molecule has 0 amide bonds. The standard InChI is InChI=1S/C13H12Cl2N2O2S/c14-8-4-10-11(5-9(8)15)17(7-2-1-3-7)13(16-10)20-6-12(18)19/h4-5,7H,1-3,6H2,(H,18,19). The molecule has 1 aliphatic carbocycles. The summed E-state index contributed by atoms with van der Waals surface area (Å²) in [5.41, 5.74) is 1.69. The average Bonchev–Trinajstić information content (AvgIpc) is 2.64. The fourth-order valence-corrected chi connectivity index (χ4v) is 3.41. The lowest BCUT2D eigenvalue weighted by atomic mass is 9.93. The van der Waals surface area contributed by atoms with Crippen molar-refractivity contribution in [1.29, 1.82) is 0 Å². The Labute approximate surface area is 130 Å². The highest BCUT2D eigenvalue weighted by molar-refractivity contribution is 7.99. The number of thioether (sulfide) groups is 1. The topological polar surface area (TPSA) is 55.1 Å². The quantitative estimate of drug-likeness (QED) is 0.851. The van der Waals surface area contributed by atoms with Crippen LogP contribution in [0.25, 0.3) is 11.0 Å². The van der Waals surface area contributed by atoms with Crippen molar-refractivity contribution in [3.63, 3.8) is 0 Å². The van der Waals surface area contributed by atoms with Crippen molar-refractivity contribution in [1.82, 2.24) is 9.55 Å². The Balaban J connectivity index is 2.09. The Morgan fingerprint density at radius 1 is 1.40 bits per heavy atom. The van der Waals surface area contributed by atoms with Crippen LogP contribution in [0, 0.1) is 0 Å². The lowest BCUT2D eigenvalue weighted by Gasteiger charge is -2.28. The number of carboxylic acid groups (broad SMARTS) is 1. The molecule has 1 heterocycles. The zero-order chi connectivity index (χ0) is 14.3. The van der Waals surface area contributed by atoms with Crippen molar-refractivity contribution in [3.05, 3.63) is 22.2 Å². The number of aromatic nitrogens is 2. The fraction of sp³-hybridized carbons (Fsp3) is 0.385. The molecule has 1 aliphatic rings. The number of fused-ring (bicyclic) bond motifs is 1.